The van der Waals surface area contributed by atoms with Gasteiger partial charge in [0.2, 0.25) is 0 Å². The summed E-state index contributed by atoms with van der Waals surface area (Å²) in [6.45, 7) is 5.47. The van der Waals surface area contributed by atoms with Crippen LogP contribution in [0, 0.1) is 0 Å². The van der Waals surface area contributed by atoms with Crippen LogP contribution in [0.5, 0.6) is 11.5 Å². The third-order valence-corrected chi connectivity index (χ3v) is 6.49. The molecule has 0 aromatic heterocycles. The topological polar surface area (TPSA) is 120 Å². The molecule has 0 saturated heterocycles. The number of rotatable bonds is 18. The summed E-state index contributed by atoms with van der Waals surface area (Å²) in [5.41, 5.74) is 1.66. The molecular weight excluding hydrogens is 482 g/mol. The minimum atomic E-state index is -0.669. The van der Waals surface area contributed by atoms with Gasteiger partial charge in [0.1, 0.15) is 35.6 Å². The van der Waals surface area contributed by atoms with E-state index in [-0.39, 0.29) is 18.4 Å². The van der Waals surface area contributed by atoms with Crippen LogP contribution >= 0.6 is 0 Å². The van der Waals surface area contributed by atoms with E-state index >= 15 is 0 Å². The first-order chi connectivity index (χ1) is 18.4. The van der Waals surface area contributed by atoms with Crippen LogP contribution in [-0.4, -0.2) is 42.1 Å². The zero-order valence-electron chi connectivity index (χ0n) is 22.5. The molecule has 8 heteroatoms. The van der Waals surface area contributed by atoms with E-state index in [1.54, 1.807) is 12.1 Å². The molecule has 3 aromatic rings. The van der Waals surface area contributed by atoms with Gasteiger partial charge in [0, 0.05) is 24.8 Å². The Kier molecular flexibility index (Phi) is 11.6. The average molecular weight is 524 g/mol. The predicted molar refractivity (Wildman–Crippen MR) is 154 cm³/mol. The summed E-state index contributed by atoms with van der Waals surface area (Å²) < 4.78 is 5.54. The minimum Gasteiger partial charge on any atom is -0.508 e. The van der Waals surface area contributed by atoms with Crippen LogP contribution < -0.4 is 31.5 Å². The van der Waals surface area contributed by atoms with Gasteiger partial charge in [-0.25, -0.2) is 0 Å². The van der Waals surface area contributed by atoms with Crippen molar-refractivity contribution >= 4 is 17.1 Å². The Balaban J connectivity index is 1.39. The number of anilines is 3. The summed E-state index contributed by atoms with van der Waals surface area (Å²) in [7, 11) is 0. The second-order valence-corrected chi connectivity index (χ2v) is 9.90. The fourth-order valence-corrected chi connectivity index (χ4v) is 4.22. The van der Waals surface area contributed by atoms with Gasteiger partial charge in [0.25, 0.3) is 10.9 Å². The molecule has 0 radical (unpaired) electrons. The van der Waals surface area contributed by atoms with Crippen LogP contribution in [0.2, 0.25) is 0 Å². The summed E-state index contributed by atoms with van der Waals surface area (Å²) in [5.74, 6) is 0.759. The summed E-state index contributed by atoms with van der Waals surface area (Å²) >= 11 is 0. The number of hydrogen-bond acceptors (Lipinski definition) is 8. The highest BCUT2D eigenvalue weighted by Crippen LogP contribution is 2.22. The average Bonchev–Trinajstić information content (AvgIpc) is 2.93. The minimum absolute atomic E-state index is 0.128. The van der Waals surface area contributed by atoms with Crippen molar-refractivity contribution in [2.24, 2.45) is 0 Å². The van der Waals surface area contributed by atoms with Gasteiger partial charge in [0.05, 0.1) is 0 Å². The maximum Gasteiger partial charge on any atom is 0.253 e. The standard InChI is InChI=1S/C30H41N3O5/c1-3-4-5-6-7-8-17-31-27-28(30(37)29(27)36)33-23-11-9-22(10-12-23)18-21(2)32-19-25(35)20-38-26-15-13-24(34)14-16-26/h9-16,21,25,31-35H,3-8,17-20H2,1-2H3/t21?,25-/m0/s1. The molecule has 0 aliphatic heterocycles. The monoisotopic (exact) mass is 523 g/mol. The Morgan fingerprint density at radius 2 is 1.53 bits per heavy atom. The van der Waals surface area contributed by atoms with E-state index in [2.05, 4.69) is 22.9 Å². The molecule has 0 spiro atoms. The second-order valence-electron chi connectivity index (χ2n) is 9.90. The van der Waals surface area contributed by atoms with Crippen molar-refractivity contribution < 1.29 is 14.9 Å². The number of ether oxygens (including phenoxy) is 1. The van der Waals surface area contributed by atoms with Gasteiger partial charge >= 0.3 is 0 Å². The Bertz CT molecular complexity index is 1170. The van der Waals surface area contributed by atoms with E-state index in [9.17, 15) is 19.8 Å². The maximum atomic E-state index is 12.1. The number of unbranched alkanes of at least 4 members (excludes halogenated alkanes) is 5. The van der Waals surface area contributed by atoms with Crippen molar-refractivity contribution in [2.45, 2.75) is 70.9 Å². The number of phenols is 1. The van der Waals surface area contributed by atoms with Crippen molar-refractivity contribution in [2.75, 3.05) is 30.3 Å². The zero-order chi connectivity index (χ0) is 27.3. The summed E-state index contributed by atoms with van der Waals surface area (Å²) in [5, 5.41) is 29.1. The van der Waals surface area contributed by atoms with Crippen molar-refractivity contribution in [3.8, 4) is 11.5 Å². The molecule has 38 heavy (non-hydrogen) atoms. The molecule has 206 valence electrons. The summed E-state index contributed by atoms with van der Waals surface area (Å²) in [6, 6.07) is 14.3. The number of aliphatic hydroxyl groups excluding tert-OH is 1. The van der Waals surface area contributed by atoms with Gasteiger partial charge in [0.15, 0.2) is 0 Å². The summed E-state index contributed by atoms with van der Waals surface area (Å²) in [6.07, 6.45) is 7.11. The van der Waals surface area contributed by atoms with Crippen LogP contribution in [0.1, 0.15) is 57.9 Å². The fraction of sp³-hybridized carbons (Fsp3) is 0.467. The van der Waals surface area contributed by atoms with Gasteiger partial charge in [-0.2, -0.15) is 0 Å². The first kappa shape index (κ1) is 29.2. The van der Waals surface area contributed by atoms with E-state index in [1.165, 1.54) is 37.8 Å². The van der Waals surface area contributed by atoms with Gasteiger partial charge in [-0.1, -0.05) is 51.2 Å². The van der Waals surface area contributed by atoms with Crippen LogP contribution in [0.25, 0.3) is 0 Å². The third kappa shape index (κ3) is 9.19. The van der Waals surface area contributed by atoms with E-state index in [4.69, 9.17) is 4.74 Å². The number of phenolic OH excluding ortho intramolecular Hbond substituents is 1. The van der Waals surface area contributed by atoms with Gasteiger partial charge in [-0.05, 0) is 61.7 Å². The number of nitrogens with one attached hydrogen (secondary N) is 3. The smallest absolute Gasteiger partial charge is 0.253 e. The molecule has 0 heterocycles. The fourth-order valence-electron chi connectivity index (χ4n) is 4.22. The molecule has 0 aliphatic carbocycles. The van der Waals surface area contributed by atoms with Crippen molar-refractivity contribution in [3.63, 3.8) is 0 Å². The number of aliphatic hydroxyl groups is 1. The van der Waals surface area contributed by atoms with Crippen LogP contribution in [0.3, 0.4) is 0 Å². The lowest BCUT2D eigenvalue weighted by atomic mass is 10.1. The highest BCUT2D eigenvalue weighted by atomic mass is 16.5. The van der Waals surface area contributed by atoms with E-state index in [0.29, 0.717) is 30.2 Å². The zero-order valence-corrected chi connectivity index (χ0v) is 22.5. The van der Waals surface area contributed by atoms with E-state index < -0.39 is 17.0 Å². The first-order valence-corrected chi connectivity index (χ1v) is 13.6. The highest BCUT2D eigenvalue weighted by Gasteiger charge is 2.20. The predicted octanol–water partition coefficient (Wildman–Crippen LogP) is 4.46. The third-order valence-electron chi connectivity index (χ3n) is 6.49. The number of benzene rings is 2. The van der Waals surface area contributed by atoms with Crippen molar-refractivity contribution in [1.29, 1.82) is 0 Å². The van der Waals surface area contributed by atoms with Gasteiger partial charge < -0.3 is 30.9 Å². The molecule has 2 atom stereocenters. The van der Waals surface area contributed by atoms with Gasteiger partial charge in [-0.15, -0.1) is 0 Å². The second kappa shape index (κ2) is 15.1. The van der Waals surface area contributed by atoms with Crippen LogP contribution in [0.4, 0.5) is 17.1 Å². The molecule has 0 saturated carbocycles. The quantitative estimate of drug-likeness (QED) is 0.122. The van der Waals surface area contributed by atoms with E-state index in [1.807, 2.05) is 31.2 Å². The lowest BCUT2D eigenvalue weighted by molar-refractivity contribution is 0.104. The van der Waals surface area contributed by atoms with Crippen LogP contribution in [0.15, 0.2) is 58.1 Å². The molecule has 0 fully saturated rings. The molecule has 5 N–H and O–H groups in total. The highest BCUT2D eigenvalue weighted by molar-refractivity contribution is 5.78. The van der Waals surface area contributed by atoms with Crippen molar-refractivity contribution in [1.82, 2.24) is 5.32 Å². The maximum absolute atomic E-state index is 12.1. The molecule has 1 unspecified atom stereocenters. The van der Waals surface area contributed by atoms with Crippen molar-refractivity contribution in [3.05, 3.63) is 74.5 Å². The Labute approximate surface area is 224 Å². The molecule has 0 amide bonds. The van der Waals surface area contributed by atoms with Gasteiger partial charge in [-0.3, -0.25) is 9.59 Å². The SMILES string of the molecule is CCCCCCCCNc1c(Nc2ccc(CC(C)NC[C@H](O)COc3ccc(O)cc3)cc2)c(=O)c1=O. The lowest BCUT2D eigenvalue weighted by Gasteiger charge is -2.18. The number of hydrogen-bond donors (Lipinski definition) is 5. The normalized spacial score (nSPS) is 12.8. The Morgan fingerprint density at radius 3 is 2.24 bits per heavy atom. The Morgan fingerprint density at radius 1 is 0.868 bits per heavy atom. The molecule has 0 bridgehead atoms. The largest absolute Gasteiger partial charge is 0.508 e. The lowest BCUT2D eigenvalue weighted by Crippen LogP contribution is -2.37. The molecule has 3 aromatic carbocycles. The molecule has 3 rings (SSSR count). The van der Waals surface area contributed by atoms with E-state index in [0.717, 1.165) is 30.5 Å². The first-order valence-electron chi connectivity index (χ1n) is 13.6. The van der Waals surface area contributed by atoms with Crippen LogP contribution in [-0.2, 0) is 6.42 Å². The molecule has 0 aliphatic rings. The Hall–Kier alpha value is -3.36. The summed E-state index contributed by atoms with van der Waals surface area (Å²) in [4.78, 5) is 24.1. The molecule has 8 nitrogen and oxygen atoms in total. The number of aromatic hydroxyl groups is 1. The molecular formula is C30H41N3O5.